The topological polar surface area (TPSA) is 81.7 Å². The molecule has 6 nitrogen and oxygen atoms in total. The zero-order valence-corrected chi connectivity index (χ0v) is 14.7. The maximum Gasteiger partial charge on any atom is 0.407 e. The second-order valence-corrected chi connectivity index (χ2v) is 6.44. The van der Waals surface area contributed by atoms with Gasteiger partial charge in [-0.15, -0.1) is 0 Å². The number of Topliss-reactive ketones (excluding diaryl/α,β-unsaturated/α-hetero) is 1. The van der Waals surface area contributed by atoms with Gasteiger partial charge in [-0.25, -0.2) is 4.79 Å². The first-order valence-electron chi connectivity index (χ1n) is 7.90. The summed E-state index contributed by atoms with van der Waals surface area (Å²) in [6.07, 6.45) is -0.450. The average molecular weight is 335 g/mol. The van der Waals surface area contributed by atoms with Crippen LogP contribution in [0, 0.1) is 6.92 Å². The van der Waals surface area contributed by atoms with Crippen LogP contribution in [0.15, 0.2) is 24.3 Å². The van der Waals surface area contributed by atoms with Gasteiger partial charge >= 0.3 is 12.1 Å². The summed E-state index contributed by atoms with van der Waals surface area (Å²) < 4.78 is 10.0. The third kappa shape index (κ3) is 8.31. The highest BCUT2D eigenvalue weighted by atomic mass is 16.6. The standard InChI is InChI=1S/C18H25NO5/c1-13-5-7-14(8-6-13)15(20)9-10-16(21)23-12-11-19-17(22)24-18(2,3)4/h5-8H,9-12H2,1-4H3,(H,19,22). The Labute approximate surface area is 142 Å². The van der Waals surface area contributed by atoms with E-state index in [1.807, 2.05) is 19.1 Å². The van der Waals surface area contributed by atoms with Crippen molar-refractivity contribution in [3.05, 3.63) is 35.4 Å². The molecule has 0 unspecified atom stereocenters. The number of aryl methyl sites for hydroxylation is 1. The minimum Gasteiger partial charge on any atom is -0.464 e. The SMILES string of the molecule is Cc1ccc(C(=O)CCC(=O)OCCNC(=O)OC(C)(C)C)cc1. The van der Waals surface area contributed by atoms with Gasteiger partial charge in [0.05, 0.1) is 13.0 Å². The predicted molar refractivity (Wildman–Crippen MR) is 89.9 cm³/mol. The van der Waals surface area contributed by atoms with Gasteiger partial charge in [-0.3, -0.25) is 9.59 Å². The van der Waals surface area contributed by atoms with Crippen molar-refractivity contribution in [2.75, 3.05) is 13.2 Å². The zero-order chi connectivity index (χ0) is 18.2. The van der Waals surface area contributed by atoms with E-state index in [1.165, 1.54) is 0 Å². The molecule has 0 heterocycles. The highest BCUT2D eigenvalue weighted by Crippen LogP contribution is 2.08. The molecule has 0 spiro atoms. The van der Waals surface area contributed by atoms with Gasteiger partial charge in [0.25, 0.3) is 0 Å². The Bertz CT molecular complexity index is 572. The van der Waals surface area contributed by atoms with E-state index < -0.39 is 17.7 Å². The lowest BCUT2D eigenvalue weighted by molar-refractivity contribution is -0.143. The first kappa shape index (κ1) is 19.7. The molecule has 1 rings (SSSR count). The summed E-state index contributed by atoms with van der Waals surface area (Å²) >= 11 is 0. The van der Waals surface area contributed by atoms with E-state index in [0.29, 0.717) is 5.56 Å². The molecule has 0 atom stereocenters. The summed E-state index contributed by atoms with van der Waals surface area (Å²) in [5, 5.41) is 2.49. The number of hydrogen-bond acceptors (Lipinski definition) is 5. The summed E-state index contributed by atoms with van der Waals surface area (Å²) in [6.45, 7) is 7.42. The van der Waals surface area contributed by atoms with Crippen LogP contribution in [0.4, 0.5) is 4.79 Å². The van der Waals surface area contributed by atoms with Crippen LogP contribution in [0.5, 0.6) is 0 Å². The Morgan fingerprint density at radius 2 is 1.67 bits per heavy atom. The Balaban J connectivity index is 2.19. The summed E-state index contributed by atoms with van der Waals surface area (Å²) in [6, 6.07) is 7.20. The van der Waals surface area contributed by atoms with E-state index in [4.69, 9.17) is 9.47 Å². The van der Waals surface area contributed by atoms with Crippen molar-refractivity contribution in [2.24, 2.45) is 0 Å². The molecule has 0 saturated heterocycles. The second-order valence-electron chi connectivity index (χ2n) is 6.44. The summed E-state index contributed by atoms with van der Waals surface area (Å²) in [7, 11) is 0. The number of carbonyl (C=O) groups excluding carboxylic acids is 3. The van der Waals surface area contributed by atoms with Crippen LogP contribution in [0.2, 0.25) is 0 Å². The van der Waals surface area contributed by atoms with Gasteiger partial charge in [0.15, 0.2) is 5.78 Å². The fraction of sp³-hybridized carbons (Fsp3) is 0.500. The molecule has 0 aromatic heterocycles. The minimum absolute atomic E-state index is 0.0130. The van der Waals surface area contributed by atoms with Gasteiger partial charge in [0.2, 0.25) is 0 Å². The molecule has 0 aliphatic rings. The van der Waals surface area contributed by atoms with Crippen molar-refractivity contribution in [3.8, 4) is 0 Å². The third-order valence-corrected chi connectivity index (χ3v) is 2.96. The number of ether oxygens (including phenoxy) is 2. The summed E-state index contributed by atoms with van der Waals surface area (Å²) in [4.78, 5) is 34.9. The van der Waals surface area contributed by atoms with Crippen LogP contribution in [0.25, 0.3) is 0 Å². The number of ketones is 1. The first-order valence-corrected chi connectivity index (χ1v) is 7.90. The molecule has 0 bridgehead atoms. The number of benzene rings is 1. The molecule has 0 radical (unpaired) electrons. The molecular weight excluding hydrogens is 310 g/mol. The molecule has 0 aliphatic heterocycles. The summed E-state index contributed by atoms with van der Waals surface area (Å²) in [5.41, 5.74) is 1.08. The van der Waals surface area contributed by atoms with Crippen molar-refractivity contribution in [2.45, 2.75) is 46.1 Å². The van der Waals surface area contributed by atoms with Crippen molar-refractivity contribution in [3.63, 3.8) is 0 Å². The smallest absolute Gasteiger partial charge is 0.407 e. The van der Waals surface area contributed by atoms with E-state index in [9.17, 15) is 14.4 Å². The Hall–Kier alpha value is -2.37. The van der Waals surface area contributed by atoms with Gasteiger partial charge in [-0.1, -0.05) is 29.8 Å². The molecule has 0 fully saturated rings. The van der Waals surface area contributed by atoms with Crippen LogP contribution in [0.1, 0.15) is 49.5 Å². The van der Waals surface area contributed by atoms with Gasteiger partial charge in [-0.05, 0) is 27.7 Å². The number of hydrogen-bond donors (Lipinski definition) is 1. The van der Waals surface area contributed by atoms with E-state index in [0.717, 1.165) is 5.56 Å². The largest absolute Gasteiger partial charge is 0.464 e. The van der Waals surface area contributed by atoms with E-state index in [-0.39, 0.29) is 31.8 Å². The highest BCUT2D eigenvalue weighted by Gasteiger charge is 2.15. The minimum atomic E-state index is -0.572. The maximum absolute atomic E-state index is 11.9. The van der Waals surface area contributed by atoms with Gasteiger partial charge < -0.3 is 14.8 Å². The number of rotatable bonds is 7. The maximum atomic E-state index is 11.9. The Morgan fingerprint density at radius 1 is 1.04 bits per heavy atom. The highest BCUT2D eigenvalue weighted by molar-refractivity contribution is 5.97. The van der Waals surface area contributed by atoms with Gasteiger partial charge in [0.1, 0.15) is 12.2 Å². The van der Waals surface area contributed by atoms with Gasteiger partial charge in [0, 0.05) is 12.0 Å². The Morgan fingerprint density at radius 3 is 2.25 bits per heavy atom. The van der Waals surface area contributed by atoms with E-state index in [1.54, 1.807) is 32.9 Å². The zero-order valence-electron chi connectivity index (χ0n) is 14.7. The number of carbonyl (C=O) groups is 3. The fourth-order valence-corrected chi connectivity index (χ4v) is 1.80. The molecule has 1 amide bonds. The third-order valence-electron chi connectivity index (χ3n) is 2.96. The van der Waals surface area contributed by atoms with Crippen LogP contribution in [0.3, 0.4) is 0 Å². The van der Waals surface area contributed by atoms with Crippen LogP contribution in [-0.2, 0) is 14.3 Å². The van der Waals surface area contributed by atoms with E-state index >= 15 is 0 Å². The first-order chi connectivity index (χ1) is 11.2. The monoisotopic (exact) mass is 335 g/mol. The molecule has 1 aromatic rings. The molecular formula is C18H25NO5. The fourth-order valence-electron chi connectivity index (χ4n) is 1.80. The number of amides is 1. The predicted octanol–water partition coefficient (Wildman–Crippen LogP) is 3.03. The second kappa shape index (κ2) is 9.05. The van der Waals surface area contributed by atoms with Crippen molar-refractivity contribution in [1.82, 2.24) is 5.32 Å². The molecule has 1 N–H and O–H groups in total. The average Bonchev–Trinajstić information content (AvgIpc) is 2.48. The lowest BCUT2D eigenvalue weighted by atomic mass is 10.1. The normalized spacial score (nSPS) is 10.8. The van der Waals surface area contributed by atoms with Crippen LogP contribution in [-0.4, -0.2) is 36.6 Å². The molecule has 1 aromatic carbocycles. The molecule has 6 heteroatoms. The number of alkyl carbamates (subject to hydrolysis) is 1. The van der Waals surface area contributed by atoms with Crippen molar-refractivity contribution in [1.29, 1.82) is 0 Å². The van der Waals surface area contributed by atoms with Crippen molar-refractivity contribution >= 4 is 17.8 Å². The summed E-state index contributed by atoms with van der Waals surface area (Å²) in [5.74, 6) is -0.569. The van der Waals surface area contributed by atoms with Gasteiger partial charge in [-0.2, -0.15) is 0 Å². The lowest BCUT2D eigenvalue weighted by Crippen LogP contribution is -2.34. The lowest BCUT2D eigenvalue weighted by Gasteiger charge is -2.19. The molecule has 132 valence electrons. The van der Waals surface area contributed by atoms with E-state index in [2.05, 4.69) is 5.32 Å². The molecule has 24 heavy (non-hydrogen) atoms. The molecule has 0 aliphatic carbocycles. The quantitative estimate of drug-likeness (QED) is 0.470. The Kier molecular flexibility index (Phi) is 7.42. The van der Waals surface area contributed by atoms with Crippen LogP contribution >= 0.6 is 0 Å². The van der Waals surface area contributed by atoms with Crippen molar-refractivity contribution < 1.29 is 23.9 Å². The van der Waals surface area contributed by atoms with Crippen LogP contribution < -0.4 is 5.32 Å². The number of esters is 1. The number of nitrogens with one attached hydrogen (secondary N) is 1. The molecule has 0 saturated carbocycles.